The molecule has 2 rings (SSSR count). The topological polar surface area (TPSA) is 42.0 Å². The first-order valence-electron chi connectivity index (χ1n) is 4.94. The summed E-state index contributed by atoms with van der Waals surface area (Å²) in [6.07, 6.45) is 2.21. The van der Waals surface area contributed by atoms with Gasteiger partial charge in [0, 0.05) is 10.7 Å². The van der Waals surface area contributed by atoms with E-state index in [9.17, 15) is 13.6 Å². The zero-order valence-corrected chi connectivity index (χ0v) is 10.5. The first-order valence-corrected chi connectivity index (χ1v) is 5.74. The van der Waals surface area contributed by atoms with Gasteiger partial charge in [0.05, 0.1) is 17.4 Å². The van der Waals surface area contributed by atoms with Crippen LogP contribution in [0, 0.1) is 11.6 Å². The highest BCUT2D eigenvalue weighted by molar-refractivity contribution is 9.10. The number of nitrogens with one attached hydrogen (secondary N) is 1. The lowest BCUT2D eigenvalue weighted by Crippen LogP contribution is -2.15. The van der Waals surface area contributed by atoms with Crippen LogP contribution in [0.4, 0.5) is 14.5 Å². The normalized spacial score (nSPS) is 10.2. The van der Waals surface area contributed by atoms with Crippen LogP contribution in [-0.2, 0) is 0 Å². The summed E-state index contributed by atoms with van der Waals surface area (Å²) in [7, 11) is 0. The Hall–Kier alpha value is -1.82. The van der Waals surface area contributed by atoms with Crippen LogP contribution in [0.1, 0.15) is 10.4 Å². The highest BCUT2D eigenvalue weighted by Gasteiger charge is 2.15. The number of hydrogen-bond acceptors (Lipinski definition) is 2. The van der Waals surface area contributed by atoms with Gasteiger partial charge in [-0.1, -0.05) is 6.07 Å². The van der Waals surface area contributed by atoms with E-state index < -0.39 is 17.5 Å². The molecule has 1 amide bonds. The smallest absolute Gasteiger partial charge is 0.258 e. The second kappa shape index (κ2) is 5.22. The van der Waals surface area contributed by atoms with E-state index in [1.165, 1.54) is 24.4 Å². The summed E-state index contributed by atoms with van der Waals surface area (Å²) in [5.74, 6) is -2.10. The highest BCUT2D eigenvalue weighted by Crippen LogP contribution is 2.25. The van der Waals surface area contributed by atoms with Gasteiger partial charge in [0.2, 0.25) is 0 Å². The molecule has 0 saturated carbocycles. The Kier molecular flexibility index (Phi) is 3.66. The standard InChI is InChI=1S/C12H7BrF2N2O/c13-8-2-1-3-9(14)11(8)17-12(18)7-4-5-16-6-10(7)15/h1-6H,(H,17,18). The summed E-state index contributed by atoms with van der Waals surface area (Å²) in [4.78, 5) is 15.3. The number of rotatable bonds is 2. The Morgan fingerprint density at radius 3 is 2.67 bits per heavy atom. The zero-order valence-electron chi connectivity index (χ0n) is 8.95. The van der Waals surface area contributed by atoms with Gasteiger partial charge in [-0.05, 0) is 34.1 Å². The predicted molar refractivity (Wildman–Crippen MR) is 66.2 cm³/mol. The maximum atomic E-state index is 13.5. The maximum Gasteiger partial charge on any atom is 0.258 e. The SMILES string of the molecule is O=C(Nc1c(F)cccc1Br)c1ccncc1F. The molecule has 0 aliphatic carbocycles. The van der Waals surface area contributed by atoms with E-state index >= 15 is 0 Å². The number of pyridine rings is 1. The molecule has 0 saturated heterocycles. The first kappa shape index (κ1) is 12.6. The van der Waals surface area contributed by atoms with E-state index in [0.29, 0.717) is 4.47 Å². The lowest BCUT2D eigenvalue weighted by Gasteiger charge is -2.08. The van der Waals surface area contributed by atoms with Crippen molar-refractivity contribution in [1.82, 2.24) is 4.98 Å². The second-order valence-electron chi connectivity index (χ2n) is 3.41. The quantitative estimate of drug-likeness (QED) is 0.923. The number of anilines is 1. The Morgan fingerprint density at radius 1 is 1.22 bits per heavy atom. The molecule has 0 bridgehead atoms. The summed E-state index contributed by atoms with van der Waals surface area (Å²) in [5.41, 5.74) is -0.223. The van der Waals surface area contributed by atoms with Gasteiger partial charge in [0.1, 0.15) is 5.82 Å². The number of hydrogen-bond donors (Lipinski definition) is 1. The molecule has 0 unspecified atom stereocenters. The van der Waals surface area contributed by atoms with Gasteiger partial charge in [0.25, 0.3) is 5.91 Å². The van der Waals surface area contributed by atoms with Crippen LogP contribution in [0.5, 0.6) is 0 Å². The molecule has 0 atom stereocenters. The van der Waals surface area contributed by atoms with Crippen molar-refractivity contribution in [2.45, 2.75) is 0 Å². The van der Waals surface area contributed by atoms with Crippen molar-refractivity contribution in [2.75, 3.05) is 5.32 Å². The van der Waals surface area contributed by atoms with Crippen LogP contribution < -0.4 is 5.32 Å². The average Bonchev–Trinajstić information content (AvgIpc) is 2.34. The third-order valence-electron chi connectivity index (χ3n) is 2.22. The molecule has 1 heterocycles. The number of nitrogens with zero attached hydrogens (tertiary/aromatic N) is 1. The molecule has 6 heteroatoms. The Labute approximate surface area is 110 Å². The second-order valence-corrected chi connectivity index (χ2v) is 4.26. The fourth-order valence-electron chi connectivity index (χ4n) is 1.36. The molecule has 1 aromatic carbocycles. The van der Waals surface area contributed by atoms with Crippen LogP contribution in [0.25, 0.3) is 0 Å². The molecule has 3 nitrogen and oxygen atoms in total. The average molecular weight is 313 g/mol. The minimum atomic E-state index is -0.762. The molecular weight excluding hydrogens is 306 g/mol. The summed E-state index contributed by atoms with van der Waals surface area (Å²) in [6.45, 7) is 0. The maximum absolute atomic E-state index is 13.5. The van der Waals surface area contributed by atoms with Crippen LogP contribution in [-0.4, -0.2) is 10.9 Å². The third kappa shape index (κ3) is 2.53. The van der Waals surface area contributed by atoms with Crippen LogP contribution in [0.3, 0.4) is 0 Å². The molecule has 0 aliphatic heterocycles. The molecule has 1 aromatic heterocycles. The molecule has 0 aliphatic rings. The monoisotopic (exact) mass is 312 g/mol. The van der Waals surface area contributed by atoms with Crippen molar-refractivity contribution < 1.29 is 13.6 Å². The fraction of sp³-hybridized carbons (Fsp3) is 0. The number of benzene rings is 1. The van der Waals surface area contributed by atoms with Crippen molar-refractivity contribution in [3.63, 3.8) is 0 Å². The molecule has 2 aromatic rings. The van der Waals surface area contributed by atoms with Gasteiger partial charge in [0.15, 0.2) is 5.82 Å². The van der Waals surface area contributed by atoms with E-state index in [1.54, 1.807) is 6.07 Å². The fourth-order valence-corrected chi connectivity index (χ4v) is 1.80. The first-order chi connectivity index (χ1) is 8.59. The van der Waals surface area contributed by atoms with E-state index in [1.807, 2.05) is 0 Å². The molecule has 0 radical (unpaired) electrons. The number of halogens is 3. The van der Waals surface area contributed by atoms with Crippen molar-refractivity contribution in [3.05, 3.63) is 58.3 Å². The van der Waals surface area contributed by atoms with Crippen LogP contribution >= 0.6 is 15.9 Å². The molecule has 0 fully saturated rings. The van der Waals surface area contributed by atoms with Crippen molar-refractivity contribution in [2.24, 2.45) is 0 Å². The van der Waals surface area contributed by atoms with Gasteiger partial charge in [-0.2, -0.15) is 0 Å². The van der Waals surface area contributed by atoms with Gasteiger partial charge < -0.3 is 5.32 Å². The Bertz CT molecular complexity index is 584. The molecular formula is C12H7BrF2N2O. The van der Waals surface area contributed by atoms with Gasteiger partial charge >= 0.3 is 0 Å². The van der Waals surface area contributed by atoms with Crippen LogP contribution in [0.15, 0.2) is 41.1 Å². The van der Waals surface area contributed by atoms with Gasteiger partial charge in [-0.15, -0.1) is 0 Å². The number of aromatic nitrogens is 1. The Morgan fingerprint density at radius 2 is 2.00 bits per heavy atom. The zero-order chi connectivity index (χ0) is 13.1. The summed E-state index contributed by atoms with van der Waals surface area (Å²) < 4.78 is 27.2. The van der Waals surface area contributed by atoms with E-state index in [2.05, 4.69) is 26.2 Å². The van der Waals surface area contributed by atoms with E-state index in [-0.39, 0.29) is 11.3 Å². The lowest BCUT2D eigenvalue weighted by molar-refractivity contribution is 0.102. The van der Waals surface area contributed by atoms with Crippen molar-refractivity contribution >= 4 is 27.5 Å². The lowest BCUT2D eigenvalue weighted by atomic mass is 10.2. The molecule has 1 N–H and O–H groups in total. The molecule has 0 spiro atoms. The van der Waals surface area contributed by atoms with Crippen molar-refractivity contribution in [1.29, 1.82) is 0 Å². The predicted octanol–water partition coefficient (Wildman–Crippen LogP) is 3.37. The largest absolute Gasteiger partial charge is 0.318 e. The molecule has 18 heavy (non-hydrogen) atoms. The highest BCUT2D eigenvalue weighted by atomic mass is 79.9. The third-order valence-corrected chi connectivity index (χ3v) is 2.88. The number of amides is 1. The number of carbonyl (C=O) groups excluding carboxylic acids is 1. The van der Waals surface area contributed by atoms with E-state index in [4.69, 9.17) is 0 Å². The number of para-hydroxylation sites is 1. The molecule has 92 valence electrons. The summed E-state index contributed by atoms with van der Waals surface area (Å²) in [5, 5.41) is 2.31. The summed E-state index contributed by atoms with van der Waals surface area (Å²) in [6, 6.07) is 5.48. The van der Waals surface area contributed by atoms with Crippen LogP contribution in [0.2, 0.25) is 0 Å². The van der Waals surface area contributed by atoms with Gasteiger partial charge in [-0.3, -0.25) is 9.78 Å². The van der Waals surface area contributed by atoms with Gasteiger partial charge in [-0.25, -0.2) is 8.78 Å². The number of carbonyl (C=O) groups is 1. The minimum absolute atomic E-state index is 0.0290. The Balaban J connectivity index is 2.30. The van der Waals surface area contributed by atoms with E-state index in [0.717, 1.165) is 6.20 Å². The summed E-state index contributed by atoms with van der Waals surface area (Å²) >= 11 is 3.11. The van der Waals surface area contributed by atoms with Crippen molar-refractivity contribution in [3.8, 4) is 0 Å². The minimum Gasteiger partial charge on any atom is -0.318 e.